The zero-order chi connectivity index (χ0) is 19.7. The fourth-order valence-corrected chi connectivity index (χ4v) is 9.65. The first-order valence-corrected chi connectivity index (χ1v) is 14.2. The van der Waals surface area contributed by atoms with Gasteiger partial charge >= 0.3 is 15.2 Å². The average molecular weight is 437 g/mol. The summed E-state index contributed by atoms with van der Waals surface area (Å²) in [5, 5.41) is 0.597. The van der Waals surface area contributed by atoms with Crippen molar-refractivity contribution >= 4 is 38.7 Å². The standard InChI is InChI=1S/C15H34O6P2S2/c1-12(2)18-22(16,19-13(3)4)9-24-11-25-10-23(17,20-14(5)6)21-15(7)8/h12-15H,9-11H2,1-8H3. The molecule has 0 bridgehead atoms. The largest absolute Gasteiger partial charge is 0.340 e. The van der Waals surface area contributed by atoms with Gasteiger partial charge in [-0.25, -0.2) is 0 Å². The van der Waals surface area contributed by atoms with Crippen LogP contribution in [0, 0.1) is 0 Å². The maximum atomic E-state index is 12.7. The van der Waals surface area contributed by atoms with E-state index in [-0.39, 0.29) is 35.4 Å². The Morgan fingerprint density at radius 1 is 0.600 bits per heavy atom. The van der Waals surface area contributed by atoms with Crippen LogP contribution < -0.4 is 0 Å². The molecule has 0 atom stereocenters. The van der Waals surface area contributed by atoms with Crippen molar-refractivity contribution in [1.82, 2.24) is 0 Å². The molecule has 0 fully saturated rings. The highest BCUT2D eigenvalue weighted by Gasteiger charge is 2.29. The summed E-state index contributed by atoms with van der Waals surface area (Å²) in [6.45, 7) is 14.7. The van der Waals surface area contributed by atoms with Crippen molar-refractivity contribution in [2.75, 3.05) is 16.1 Å². The van der Waals surface area contributed by atoms with Gasteiger partial charge < -0.3 is 18.1 Å². The Kier molecular flexibility index (Phi) is 13.0. The number of hydrogen-bond acceptors (Lipinski definition) is 8. The monoisotopic (exact) mass is 436 g/mol. The van der Waals surface area contributed by atoms with Crippen molar-refractivity contribution in [3.05, 3.63) is 0 Å². The van der Waals surface area contributed by atoms with Gasteiger partial charge in [0.1, 0.15) is 0 Å². The fraction of sp³-hybridized carbons (Fsp3) is 1.00. The normalized spacial score (nSPS) is 13.6. The third-order valence-corrected chi connectivity index (χ3v) is 10.4. The lowest BCUT2D eigenvalue weighted by Gasteiger charge is -2.23. The molecule has 0 saturated heterocycles. The second kappa shape index (κ2) is 12.5. The topological polar surface area (TPSA) is 71.1 Å². The Balaban J connectivity index is 4.47. The smallest absolute Gasteiger partial charge is 0.305 e. The van der Waals surface area contributed by atoms with Crippen molar-refractivity contribution in [1.29, 1.82) is 0 Å². The average Bonchev–Trinajstić information content (AvgIpc) is 2.33. The second-order valence-corrected chi connectivity index (χ2v) is 13.7. The summed E-state index contributed by atoms with van der Waals surface area (Å²) in [7, 11) is -6.28. The van der Waals surface area contributed by atoms with Crippen LogP contribution in [0.2, 0.25) is 0 Å². The highest BCUT2D eigenvalue weighted by Crippen LogP contribution is 2.55. The van der Waals surface area contributed by atoms with E-state index in [9.17, 15) is 9.13 Å². The summed E-state index contributed by atoms with van der Waals surface area (Å²) >= 11 is 2.88. The molecule has 0 N–H and O–H groups in total. The van der Waals surface area contributed by atoms with Crippen LogP contribution in [0.15, 0.2) is 0 Å². The van der Waals surface area contributed by atoms with Crippen LogP contribution in [0.1, 0.15) is 55.4 Å². The minimum absolute atomic E-state index is 0.170. The van der Waals surface area contributed by atoms with Gasteiger partial charge in [0.15, 0.2) is 0 Å². The molecule has 0 rings (SSSR count). The van der Waals surface area contributed by atoms with E-state index in [4.69, 9.17) is 18.1 Å². The SMILES string of the molecule is CC(C)OP(=O)(CSCSCP(=O)(OC(C)C)OC(C)C)OC(C)C. The van der Waals surface area contributed by atoms with Crippen LogP contribution in [0.5, 0.6) is 0 Å². The maximum Gasteiger partial charge on any atom is 0.340 e. The minimum atomic E-state index is -3.14. The second-order valence-electron chi connectivity index (χ2n) is 6.62. The Labute approximate surface area is 161 Å². The minimum Gasteiger partial charge on any atom is -0.305 e. The van der Waals surface area contributed by atoms with Gasteiger partial charge in [-0.2, -0.15) is 0 Å². The molecular formula is C15H34O6P2S2. The van der Waals surface area contributed by atoms with Gasteiger partial charge in [0.2, 0.25) is 0 Å². The van der Waals surface area contributed by atoms with Gasteiger partial charge in [-0.05, 0) is 55.4 Å². The van der Waals surface area contributed by atoms with Crippen molar-refractivity contribution in [2.45, 2.75) is 79.8 Å². The molecule has 6 nitrogen and oxygen atoms in total. The van der Waals surface area contributed by atoms with Gasteiger partial charge in [-0.15, -0.1) is 23.5 Å². The quantitative estimate of drug-likeness (QED) is 0.176. The number of thioether (sulfide) groups is 2. The summed E-state index contributed by atoms with van der Waals surface area (Å²) in [6.07, 6.45) is -0.678. The Morgan fingerprint density at radius 2 is 0.840 bits per heavy atom. The van der Waals surface area contributed by atoms with Gasteiger partial charge in [0.05, 0.1) is 35.4 Å². The molecule has 0 aliphatic heterocycles. The lowest BCUT2D eigenvalue weighted by Crippen LogP contribution is -2.10. The molecule has 10 heteroatoms. The van der Waals surface area contributed by atoms with E-state index in [2.05, 4.69) is 0 Å². The van der Waals surface area contributed by atoms with E-state index in [1.165, 1.54) is 23.5 Å². The zero-order valence-corrected chi connectivity index (χ0v) is 20.0. The Hall–Kier alpha value is 1.00. The molecule has 0 spiro atoms. The molecule has 152 valence electrons. The summed E-state index contributed by atoms with van der Waals surface area (Å²) in [6, 6.07) is 0. The van der Waals surface area contributed by atoms with E-state index in [1.807, 2.05) is 55.4 Å². The highest BCUT2D eigenvalue weighted by molar-refractivity contribution is 8.19. The molecule has 0 heterocycles. The van der Waals surface area contributed by atoms with Crippen LogP contribution in [0.25, 0.3) is 0 Å². The number of hydrogen-bond donors (Lipinski definition) is 0. The lowest BCUT2D eigenvalue weighted by molar-refractivity contribution is 0.144. The summed E-state index contributed by atoms with van der Waals surface area (Å²) in [4.78, 5) is 0. The molecule has 0 radical (unpaired) electrons. The molecule has 0 amide bonds. The van der Waals surface area contributed by atoms with Gasteiger partial charge in [-0.3, -0.25) is 9.13 Å². The molecule has 25 heavy (non-hydrogen) atoms. The summed E-state index contributed by atoms with van der Waals surface area (Å²) < 4.78 is 47.4. The van der Waals surface area contributed by atoms with Crippen molar-refractivity contribution in [3.63, 3.8) is 0 Å². The molecule has 0 aliphatic carbocycles. The molecule has 0 aliphatic rings. The van der Waals surface area contributed by atoms with Crippen LogP contribution in [0.3, 0.4) is 0 Å². The van der Waals surface area contributed by atoms with E-state index in [0.717, 1.165) is 0 Å². The van der Waals surface area contributed by atoms with E-state index in [0.29, 0.717) is 5.08 Å². The molecule has 0 saturated carbocycles. The molecule has 0 aromatic carbocycles. The van der Waals surface area contributed by atoms with Crippen molar-refractivity contribution in [3.8, 4) is 0 Å². The van der Waals surface area contributed by atoms with Gasteiger partial charge in [0.25, 0.3) is 0 Å². The van der Waals surface area contributed by atoms with E-state index in [1.54, 1.807) is 0 Å². The van der Waals surface area contributed by atoms with Gasteiger partial charge in [0, 0.05) is 5.08 Å². The van der Waals surface area contributed by atoms with Crippen LogP contribution in [-0.2, 0) is 27.2 Å². The van der Waals surface area contributed by atoms with Crippen LogP contribution >= 0.6 is 38.7 Å². The number of rotatable bonds is 14. The predicted octanol–water partition coefficient (Wildman–Crippen LogP) is 6.41. The third kappa shape index (κ3) is 13.8. The Morgan fingerprint density at radius 3 is 1.04 bits per heavy atom. The molecular weight excluding hydrogens is 402 g/mol. The van der Waals surface area contributed by atoms with Crippen molar-refractivity contribution < 1.29 is 27.2 Å². The molecule has 0 aromatic heterocycles. The van der Waals surface area contributed by atoms with E-state index < -0.39 is 15.2 Å². The van der Waals surface area contributed by atoms with Crippen molar-refractivity contribution in [2.24, 2.45) is 0 Å². The van der Waals surface area contributed by atoms with E-state index >= 15 is 0 Å². The predicted molar refractivity (Wildman–Crippen MR) is 110 cm³/mol. The van der Waals surface area contributed by atoms with Crippen LogP contribution in [0.4, 0.5) is 0 Å². The fourth-order valence-electron chi connectivity index (χ4n) is 1.81. The molecule has 0 unspecified atom stereocenters. The third-order valence-electron chi connectivity index (χ3n) is 2.15. The summed E-state index contributed by atoms with van der Waals surface area (Å²) in [5.74, 6) is 0. The zero-order valence-electron chi connectivity index (χ0n) is 16.6. The summed E-state index contributed by atoms with van der Waals surface area (Å²) in [5.41, 5.74) is 0.521. The Bertz CT molecular complexity index is 389. The maximum absolute atomic E-state index is 12.7. The first-order valence-electron chi connectivity index (χ1n) is 8.44. The first-order chi connectivity index (χ1) is 11.4. The first kappa shape index (κ1) is 26.0. The highest BCUT2D eigenvalue weighted by atomic mass is 32.2. The van der Waals surface area contributed by atoms with Gasteiger partial charge in [-0.1, -0.05) is 0 Å². The lowest BCUT2D eigenvalue weighted by atomic mass is 10.5. The van der Waals surface area contributed by atoms with Crippen LogP contribution in [-0.4, -0.2) is 40.5 Å². The molecule has 0 aromatic rings.